The van der Waals surface area contributed by atoms with Crippen molar-refractivity contribution in [1.29, 1.82) is 0 Å². The highest BCUT2D eigenvalue weighted by molar-refractivity contribution is 8.15. The summed E-state index contributed by atoms with van der Waals surface area (Å²) in [6.45, 7) is 0. The molecule has 2 aliphatic rings. The van der Waals surface area contributed by atoms with Crippen LogP contribution in [0.3, 0.4) is 0 Å². The molecule has 6 heteroatoms. The lowest BCUT2D eigenvalue weighted by atomic mass is 10.1. The standard InChI is InChI=1S/C18H17N3O2S/c22-16(10-15-17(23)21-18(24-15)20-13-7-8-13)19-14-6-5-11-3-1-2-4-12(11)9-14/h1-6,9,13,15H,7-8,10H2,(H,19,22)(H,20,21,23). The Morgan fingerprint density at radius 2 is 2.00 bits per heavy atom. The van der Waals surface area contributed by atoms with Gasteiger partial charge >= 0.3 is 0 Å². The quantitative estimate of drug-likeness (QED) is 0.900. The lowest BCUT2D eigenvalue weighted by Crippen LogP contribution is -2.28. The van der Waals surface area contributed by atoms with Crippen LogP contribution in [-0.4, -0.2) is 28.3 Å². The number of benzene rings is 2. The van der Waals surface area contributed by atoms with Crippen LogP contribution in [0.1, 0.15) is 19.3 Å². The zero-order chi connectivity index (χ0) is 16.5. The van der Waals surface area contributed by atoms with E-state index in [2.05, 4.69) is 15.6 Å². The summed E-state index contributed by atoms with van der Waals surface area (Å²) in [7, 11) is 0. The van der Waals surface area contributed by atoms with Gasteiger partial charge in [0.25, 0.3) is 0 Å². The van der Waals surface area contributed by atoms with Crippen molar-refractivity contribution in [3.63, 3.8) is 0 Å². The number of rotatable bonds is 4. The van der Waals surface area contributed by atoms with Crippen molar-refractivity contribution in [2.24, 2.45) is 4.99 Å². The molecule has 122 valence electrons. The van der Waals surface area contributed by atoms with Crippen LogP contribution in [0.25, 0.3) is 10.8 Å². The Morgan fingerprint density at radius 3 is 2.79 bits per heavy atom. The summed E-state index contributed by atoms with van der Waals surface area (Å²) >= 11 is 1.36. The van der Waals surface area contributed by atoms with Crippen LogP contribution in [0.4, 0.5) is 5.69 Å². The molecule has 2 aromatic carbocycles. The van der Waals surface area contributed by atoms with Gasteiger partial charge in [0.1, 0.15) is 5.25 Å². The van der Waals surface area contributed by atoms with Gasteiger partial charge in [-0.2, -0.15) is 0 Å². The summed E-state index contributed by atoms with van der Waals surface area (Å²) in [6.07, 6.45) is 2.33. The summed E-state index contributed by atoms with van der Waals surface area (Å²) in [4.78, 5) is 28.6. The van der Waals surface area contributed by atoms with E-state index in [1.807, 2.05) is 42.5 Å². The molecule has 0 bridgehead atoms. The van der Waals surface area contributed by atoms with Crippen LogP contribution in [0, 0.1) is 0 Å². The summed E-state index contributed by atoms with van der Waals surface area (Å²) in [5, 5.41) is 8.10. The van der Waals surface area contributed by atoms with Crippen molar-refractivity contribution < 1.29 is 9.59 Å². The van der Waals surface area contributed by atoms with Crippen LogP contribution in [-0.2, 0) is 9.59 Å². The summed E-state index contributed by atoms with van der Waals surface area (Å²) in [5.74, 6) is -0.293. The molecule has 24 heavy (non-hydrogen) atoms. The Kier molecular flexibility index (Phi) is 3.98. The highest BCUT2D eigenvalue weighted by atomic mass is 32.2. The molecule has 1 aliphatic carbocycles. The van der Waals surface area contributed by atoms with Crippen molar-refractivity contribution in [2.45, 2.75) is 30.6 Å². The average Bonchev–Trinajstić information content (AvgIpc) is 3.31. The highest BCUT2D eigenvalue weighted by Gasteiger charge is 2.33. The van der Waals surface area contributed by atoms with Gasteiger partial charge in [0.2, 0.25) is 11.8 Å². The maximum absolute atomic E-state index is 12.2. The van der Waals surface area contributed by atoms with Crippen LogP contribution in [0.15, 0.2) is 47.5 Å². The van der Waals surface area contributed by atoms with E-state index in [4.69, 9.17) is 0 Å². The van der Waals surface area contributed by atoms with E-state index in [9.17, 15) is 9.59 Å². The van der Waals surface area contributed by atoms with Crippen LogP contribution in [0.2, 0.25) is 0 Å². The van der Waals surface area contributed by atoms with Crippen molar-refractivity contribution >= 4 is 45.2 Å². The third-order valence-corrected chi connectivity index (χ3v) is 5.12. The Morgan fingerprint density at radius 1 is 1.21 bits per heavy atom. The molecule has 2 fully saturated rings. The molecule has 1 atom stereocenters. The zero-order valence-corrected chi connectivity index (χ0v) is 13.8. The van der Waals surface area contributed by atoms with E-state index >= 15 is 0 Å². The number of carbonyl (C=O) groups excluding carboxylic acids is 2. The topological polar surface area (TPSA) is 70.6 Å². The first-order valence-corrected chi connectivity index (χ1v) is 8.89. The molecule has 1 saturated heterocycles. The molecule has 0 aromatic heterocycles. The first-order valence-electron chi connectivity index (χ1n) is 8.01. The van der Waals surface area contributed by atoms with Crippen molar-refractivity contribution in [3.05, 3.63) is 42.5 Å². The van der Waals surface area contributed by atoms with Crippen LogP contribution >= 0.6 is 11.8 Å². The minimum atomic E-state index is -0.400. The molecule has 4 rings (SSSR count). The molecule has 0 radical (unpaired) electrons. The number of nitrogens with zero attached hydrogens (tertiary/aromatic N) is 1. The third-order valence-electron chi connectivity index (χ3n) is 4.03. The summed E-state index contributed by atoms with van der Waals surface area (Å²) in [5.41, 5.74) is 0.744. The fraction of sp³-hybridized carbons (Fsp3) is 0.278. The van der Waals surface area contributed by atoms with Gasteiger partial charge in [0.15, 0.2) is 5.17 Å². The zero-order valence-electron chi connectivity index (χ0n) is 13.0. The number of hydrogen-bond acceptors (Lipinski definition) is 4. The number of nitrogens with one attached hydrogen (secondary N) is 2. The number of anilines is 1. The second kappa shape index (κ2) is 6.28. The van der Waals surface area contributed by atoms with E-state index in [0.29, 0.717) is 11.2 Å². The molecule has 0 spiro atoms. The molecule has 2 N–H and O–H groups in total. The number of aliphatic imine (C=N–C) groups is 1. The first-order chi connectivity index (χ1) is 11.7. The molecule has 1 heterocycles. The predicted molar refractivity (Wildman–Crippen MR) is 97.2 cm³/mol. The molecule has 1 unspecified atom stereocenters. The largest absolute Gasteiger partial charge is 0.326 e. The van der Waals surface area contributed by atoms with Crippen molar-refractivity contribution in [2.75, 3.05) is 5.32 Å². The molecule has 2 amide bonds. The summed E-state index contributed by atoms with van der Waals surface area (Å²) < 4.78 is 0. The lowest BCUT2D eigenvalue weighted by molar-refractivity contribution is -0.122. The Bertz CT molecular complexity index is 845. The van der Waals surface area contributed by atoms with E-state index in [1.165, 1.54) is 11.8 Å². The van der Waals surface area contributed by atoms with E-state index < -0.39 is 5.25 Å². The second-order valence-electron chi connectivity index (χ2n) is 6.08. The van der Waals surface area contributed by atoms with E-state index in [-0.39, 0.29) is 18.2 Å². The maximum atomic E-state index is 12.2. The average molecular weight is 339 g/mol. The normalized spacial score (nSPS) is 21.9. The Hall–Kier alpha value is -2.34. The number of hydrogen-bond donors (Lipinski definition) is 2. The molecule has 1 aliphatic heterocycles. The fourth-order valence-electron chi connectivity index (χ4n) is 2.62. The number of thioether (sulfide) groups is 1. The monoisotopic (exact) mass is 339 g/mol. The molecule has 5 nitrogen and oxygen atoms in total. The number of fused-ring (bicyclic) bond motifs is 1. The van der Waals surface area contributed by atoms with Gasteiger partial charge < -0.3 is 10.6 Å². The second-order valence-corrected chi connectivity index (χ2v) is 7.27. The fourth-order valence-corrected chi connectivity index (χ4v) is 3.66. The van der Waals surface area contributed by atoms with Crippen LogP contribution < -0.4 is 10.6 Å². The van der Waals surface area contributed by atoms with Gasteiger partial charge in [-0.05, 0) is 35.7 Å². The molecule has 2 aromatic rings. The third kappa shape index (κ3) is 3.43. The Balaban J connectivity index is 1.39. The van der Waals surface area contributed by atoms with Gasteiger partial charge in [-0.15, -0.1) is 0 Å². The maximum Gasteiger partial charge on any atom is 0.240 e. The minimum absolute atomic E-state index is 0.131. The van der Waals surface area contributed by atoms with Crippen molar-refractivity contribution in [3.8, 4) is 0 Å². The predicted octanol–water partition coefficient (Wildman–Crippen LogP) is 2.92. The lowest BCUT2D eigenvalue weighted by Gasteiger charge is -2.08. The molecular weight excluding hydrogens is 322 g/mol. The summed E-state index contributed by atoms with van der Waals surface area (Å²) in [6, 6.07) is 14.1. The van der Waals surface area contributed by atoms with Gasteiger partial charge in [-0.25, -0.2) is 0 Å². The number of carbonyl (C=O) groups is 2. The van der Waals surface area contributed by atoms with Gasteiger partial charge in [0.05, 0.1) is 6.04 Å². The van der Waals surface area contributed by atoms with Gasteiger partial charge in [0, 0.05) is 12.1 Å². The van der Waals surface area contributed by atoms with Gasteiger partial charge in [-0.1, -0.05) is 42.1 Å². The number of amidine groups is 1. The molecule has 1 saturated carbocycles. The van der Waals surface area contributed by atoms with Crippen LogP contribution in [0.5, 0.6) is 0 Å². The van der Waals surface area contributed by atoms with E-state index in [0.717, 1.165) is 29.3 Å². The highest BCUT2D eigenvalue weighted by Crippen LogP contribution is 2.29. The minimum Gasteiger partial charge on any atom is -0.326 e. The van der Waals surface area contributed by atoms with E-state index in [1.54, 1.807) is 0 Å². The number of amides is 2. The smallest absolute Gasteiger partial charge is 0.240 e. The Labute approximate surface area is 143 Å². The first kappa shape index (κ1) is 15.2. The van der Waals surface area contributed by atoms with Gasteiger partial charge in [-0.3, -0.25) is 14.6 Å². The SMILES string of the molecule is O=C(CC1SC(=NC2CC2)NC1=O)Nc1ccc2ccccc2c1. The molecular formula is C18H17N3O2S. The van der Waals surface area contributed by atoms with Crippen molar-refractivity contribution in [1.82, 2.24) is 5.32 Å².